The Morgan fingerprint density at radius 2 is 0.735 bits per heavy atom. The van der Waals surface area contributed by atoms with E-state index >= 15 is 0 Å². The predicted octanol–water partition coefficient (Wildman–Crippen LogP) is 16.1. The van der Waals surface area contributed by atoms with Gasteiger partial charge in [0.1, 0.15) is 0 Å². The Morgan fingerprint density at radius 1 is 0.265 bits per heavy atom. The summed E-state index contributed by atoms with van der Waals surface area (Å²) in [6.45, 7) is 0. The van der Waals surface area contributed by atoms with Gasteiger partial charge in [-0.05, 0) is 75.3 Å². The molecule has 0 spiro atoms. The summed E-state index contributed by atoms with van der Waals surface area (Å²) in [6.07, 6.45) is 0. The average Bonchev–Trinajstić information content (AvgIpc) is 3.95. The summed E-state index contributed by atoms with van der Waals surface area (Å²) in [6, 6.07) is 88.3. The standard InChI is InChI=1S/C63H41N5/c1-5-18-42(19-6-1)45-32-34-46(35-33-45)54-41-49(44-22-9-3-10-23-44)36-38-57(54)67-56-31-16-14-29-53(56)59-58(67)39-37-52-51-28-13-15-30-55(51)68(60(52)59)63-65-61(47-24-11-4-12-25-47)64-62(66-63)50-27-17-26-48(40-50)43-20-7-2-8-21-43/h1-41H. The van der Waals surface area contributed by atoms with Crippen molar-refractivity contribution in [3.8, 4) is 78.9 Å². The Labute approximate surface area is 393 Å². The van der Waals surface area contributed by atoms with Gasteiger partial charge in [0.15, 0.2) is 11.6 Å². The summed E-state index contributed by atoms with van der Waals surface area (Å²) in [4.78, 5) is 16.0. The summed E-state index contributed by atoms with van der Waals surface area (Å²) in [5.74, 6) is 1.77. The van der Waals surface area contributed by atoms with Crippen LogP contribution in [0.1, 0.15) is 0 Å². The van der Waals surface area contributed by atoms with Crippen LogP contribution in [0.3, 0.4) is 0 Å². The molecule has 3 aromatic heterocycles. The minimum Gasteiger partial charge on any atom is -0.309 e. The first-order valence-corrected chi connectivity index (χ1v) is 23.0. The molecule has 318 valence electrons. The molecule has 0 unspecified atom stereocenters. The van der Waals surface area contributed by atoms with E-state index in [2.05, 4.69) is 234 Å². The van der Waals surface area contributed by atoms with Crippen molar-refractivity contribution >= 4 is 43.6 Å². The van der Waals surface area contributed by atoms with Crippen LogP contribution < -0.4 is 0 Å². The Balaban J connectivity index is 1.08. The van der Waals surface area contributed by atoms with Gasteiger partial charge in [0.2, 0.25) is 5.95 Å². The monoisotopic (exact) mass is 867 g/mol. The van der Waals surface area contributed by atoms with Gasteiger partial charge in [-0.15, -0.1) is 0 Å². The highest BCUT2D eigenvalue weighted by molar-refractivity contribution is 6.26. The van der Waals surface area contributed by atoms with Crippen LogP contribution in [0.5, 0.6) is 0 Å². The number of hydrogen-bond donors (Lipinski definition) is 0. The summed E-state index contributed by atoms with van der Waals surface area (Å²) in [5, 5.41) is 4.52. The van der Waals surface area contributed by atoms with E-state index in [1.165, 1.54) is 16.7 Å². The van der Waals surface area contributed by atoms with Crippen LogP contribution in [0, 0.1) is 0 Å². The number of para-hydroxylation sites is 2. The van der Waals surface area contributed by atoms with Crippen molar-refractivity contribution < 1.29 is 0 Å². The summed E-state index contributed by atoms with van der Waals surface area (Å²) >= 11 is 0. The molecule has 0 saturated heterocycles. The van der Waals surface area contributed by atoms with Crippen LogP contribution in [0.25, 0.3) is 123 Å². The zero-order chi connectivity index (χ0) is 45.0. The maximum atomic E-state index is 5.41. The predicted molar refractivity (Wildman–Crippen MR) is 281 cm³/mol. The fraction of sp³-hybridized carbons (Fsp3) is 0. The van der Waals surface area contributed by atoms with Gasteiger partial charge < -0.3 is 4.57 Å². The molecule has 0 atom stereocenters. The SMILES string of the molecule is c1ccc(-c2ccc(-c3cc(-c4ccccc4)ccc3-n3c4ccccc4c4c3ccc3c5ccccc5n(-c5nc(-c6ccccc6)nc(-c6cccc(-c7ccccc7)c6)n5)c34)cc2)cc1. The van der Waals surface area contributed by atoms with Crippen LogP contribution in [-0.4, -0.2) is 24.1 Å². The second-order valence-electron chi connectivity index (χ2n) is 17.2. The highest BCUT2D eigenvalue weighted by Crippen LogP contribution is 2.44. The fourth-order valence-corrected chi connectivity index (χ4v) is 10.00. The molecule has 0 N–H and O–H groups in total. The maximum Gasteiger partial charge on any atom is 0.238 e. The molecular formula is C63H41N5. The Hall–Kier alpha value is -9.19. The lowest BCUT2D eigenvalue weighted by Crippen LogP contribution is -2.06. The summed E-state index contributed by atoms with van der Waals surface area (Å²) < 4.78 is 4.72. The number of fused-ring (bicyclic) bond motifs is 7. The molecule has 13 aromatic rings. The first-order valence-electron chi connectivity index (χ1n) is 23.0. The highest BCUT2D eigenvalue weighted by Gasteiger charge is 2.24. The van der Waals surface area contributed by atoms with E-state index < -0.39 is 0 Å². The number of benzene rings is 10. The minimum atomic E-state index is 0.556. The molecular weight excluding hydrogens is 827 g/mol. The molecule has 0 radical (unpaired) electrons. The quantitative estimate of drug-likeness (QED) is 0.153. The largest absolute Gasteiger partial charge is 0.309 e. The van der Waals surface area contributed by atoms with Gasteiger partial charge in [-0.2, -0.15) is 9.97 Å². The van der Waals surface area contributed by atoms with Crippen LogP contribution in [0.4, 0.5) is 0 Å². The molecule has 0 fully saturated rings. The van der Waals surface area contributed by atoms with Crippen molar-refractivity contribution in [1.82, 2.24) is 24.1 Å². The second kappa shape index (κ2) is 16.4. The van der Waals surface area contributed by atoms with Gasteiger partial charge in [-0.25, -0.2) is 4.98 Å². The van der Waals surface area contributed by atoms with E-state index in [9.17, 15) is 0 Å². The molecule has 5 nitrogen and oxygen atoms in total. The van der Waals surface area contributed by atoms with Crippen molar-refractivity contribution in [3.05, 3.63) is 249 Å². The fourth-order valence-electron chi connectivity index (χ4n) is 10.00. The number of nitrogens with zero attached hydrogens (tertiary/aromatic N) is 5. The molecule has 5 heteroatoms. The molecule has 3 heterocycles. The van der Waals surface area contributed by atoms with Gasteiger partial charge in [-0.3, -0.25) is 4.57 Å². The van der Waals surface area contributed by atoms with E-state index in [0.29, 0.717) is 17.6 Å². The molecule has 13 rings (SSSR count). The molecule has 0 saturated carbocycles. The topological polar surface area (TPSA) is 48.5 Å². The summed E-state index contributed by atoms with van der Waals surface area (Å²) in [7, 11) is 0. The average molecular weight is 868 g/mol. The lowest BCUT2D eigenvalue weighted by molar-refractivity contribution is 0.955. The van der Waals surface area contributed by atoms with E-state index in [1.54, 1.807) is 0 Å². The van der Waals surface area contributed by atoms with Crippen molar-refractivity contribution in [3.63, 3.8) is 0 Å². The van der Waals surface area contributed by atoms with Crippen LogP contribution in [-0.2, 0) is 0 Å². The maximum absolute atomic E-state index is 5.41. The van der Waals surface area contributed by atoms with Crippen molar-refractivity contribution in [2.75, 3.05) is 0 Å². The molecule has 0 aliphatic heterocycles. The zero-order valence-corrected chi connectivity index (χ0v) is 36.9. The molecule has 10 aromatic carbocycles. The van der Waals surface area contributed by atoms with Gasteiger partial charge in [-0.1, -0.05) is 212 Å². The second-order valence-corrected chi connectivity index (χ2v) is 17.2. The van der Waals surface area contributed by atoms with Gasteiger partial charge in [0.25, 0.3) is 0 Å². The minimum absolute atomic E-state index is 0.556. The van der Waals surface area contributed by atoms with Gasteiger partial charge >= 0.3 is 0 Å². The lowest BCUT2D eigenvalue weighted by atomic mass is 9.95. The number of rotatable bonds is 8. The first-order chi connectivity index (χ1) is 33.7. The zero-order valence-electron chi connectivity index (χ0n) is 36.9. The number of aromatic nitrogens is 5. The van der Waals surface area contributed by atoms with Crippen molar-refractivity contribution in [2.24, 2.45) is 0 Å². The third kappa shape index (κ3) is 6.68. The van der Waals surface area contributed by atoms with Crippen LogP contribution in [0.2, 0.25) is 0 Å². The third-order valence-corrected chi connectivity index (χ3v) is 13.2. The van der Waals surface area contributed by atoms with E-state index in [0.717, 1.165) is 88.2 Å². The van der Waals surface area contributed by atoms with Crippen LogP contribution >= 0.6 is 0 Å². The molecule has 0 aliphatic carbocycles. The molecule has 0 amide bonds. The van der Waals surface area contributed by atoms with Gasteiger partial charge in [0, 0.05) is 38.2 Å². The normalized spacial score (nSPS) is 11.5. The van der Waals surface area contributed by atoms with Crippen LogP contribution in [0.15, 0.2) is 249 Å². The highest BCUT2D eigenvalue weighted by atomic mass is 15.2. The van der Waals surface area contributed by atoms with Crippen molar-refractivity contribution in [1.29, 1.82) is 0 Å². The van der Waals surface area contributed by atoms with Crippen molar-refractivity contribution in [2.45, 2.75) is 0 Å². The molecule has 68 heavy (non-hydrogen) atoms. The lowest BCUT2D eigenvalue weighted by Gasteiger charge is -2.17. The molecule has 0 aliphatic rings. The Morgan fingerprint density at radius 3 is 1.40 bits per heavy atom. The van der Waals surface area contributed by atoms with E-state index in [4.69, 9.17) is 15.0 Å². The Kier molecular flexibility index (Phi) is 9.43. The van der Waals surface area contributed by atoms with Gasteiger partial charge in [0.05, 0.1) is 27.8 Å². The first kappa shape index (κ1) is 39.2. The summed E-state index contributed by atoms with van der Waals surface area (Å²) in [5.41, 5.74) is 16.4. The Bertz CT molecular complexity index is 3990. The number of hydrogen-bond acceptors (Lipinski definition) is 3. The smallest absolute Gasteiger partial charge is 0.238 e. The molecule has 0 bridgehead atoms. The van der Waals surface area contributed by atoms with E-state index in [-0.39, 0.29) is 0 Å². The third-order valence-electron chi connectivity index (χ3n) is 13.2. The van der Waals surface area contributed by atoms with E-state index in [1.807, 2.05) is 24.3 Å².